The summed E-state index contributed by atoms with van der Waals surface area (Å²) in [6.45, 7) is 0.119. The molecule has 1 aromatic heterocycles. The fourth-order valence-electron chi connectivity index (χ4n) is 1.40. The minimum atomic E-state index is 0.119. The van der Waals surface area contributed by atoms with Gasteiger partial charge in [0.1, 0.15) is 0 Å². The van der Waals surface area contributed by atoms with Gasteiger partial charge in [-0.15, -0.1) is 0 Å². The van der Waals surface area contributed by atoms with Gasteiger partial charge in [0.25, 0.3) is 0 Å². The molecule has 2 rings (SSSR count). The number of aliphatic hydroxyl groups excluding tert-OH is 1. The van der Waals surface area contributed by atoms with Crippen LogP contribution in [0.5, 0.6) is 0 Å². The van der Waals surface area contributed by atoms with Crippen LogP contribution in [0.4, 0.5) is 0 Å². The number of hydrogen-bond acceptors (Lipinski definition) is 1. The zero-order valence-corrected chi connectivity index (χ0v) is 7.75. The Morgan fingerprint density at radius 3 is 3.07 bits per heavy atom. The van der Waals surface area contributed by atoms with Gasteiger partial charge in [0.05, 0.1) is 12.1 Å². The first-order valence-corrected chi connectivity index (χ1v) is 4.57. The summed E-state index contributed by atoms with van der Waals surface area (Å²) in [5, 5.41) is 9.77. The van der Waals surface area contributed by atoms with E-state index in [9.17, 15) is 0 Å². The predicted molar refractivity (Wildman–Crippen MR) is 56.9 cm³/mol. The van der Waals surface area contributed by atoms with E-state index in [1.165, 1.54) is 5.39 Å². The normalized spacial score (nSPS) is 9.79. The molecule has 1 aromatic carbocycles. The van der Waals surface area contributed by atoms with E-state index in [0.29, 0.717) is 6.42 Å². The minimum Gasteiger partial charge on any atom is -0.395 e. The highest BCUT2D eigenvalue weighted by Crippen LogP contribution is 2.15. The number of fused-ring (bicyclic) bond motifs is 1. The lowest BCUT2D eigenvalue weighted by atomic mass is 10.1. The summed E-state index contributed by atoms with van der Waals surface area (Å²) in [7, 11) is 0. The molecule has 0 aliphatic heterocycles. The topological polar surface area (TPSA) is 36.0 Å². The van der Waals surface area contributed by atoms with Crippen molar-refractivity contribution in [3.63, 3.8) is 0 Å². The largest absolute Gasteiger partial charge is 0.395 e. The second-order valence-corrected chi connectivity index (χ2v) is 3.02. The van der Waals surface area contributed by atoms with E-state index < -0.39 is 0 Å². The number of aromatic nitrogens is 1. The van der Waals surface area contributed by atoms with Crippen molar-refractivity contribution < 1.29 is 5.11 Å². The molecule has 0 aliphatic rings. The summed E-state index contributed by atoms with van der Waals surface area (Å²) in [6.07, 6.45) is 2.43. The maximum atomic E-state index is 8.61. The summed E-state index contributed by atoms with van der Waals surface area (Å²) in [6, 6.07) is 8.03. The van der Waals surface area contributed by atoms with Crippen LogP contribution in [0.25, 0.3) is 10.9 Å². The Balaban J connectivity index is 2.43. The second-order valence-electron chi connectivity index (χ2n) is 3.02. The maximum Gasteiger partial charge on any atom is 0.0612 e. The highest BCUT2D eigenvalue weighted by molar-refractivity contribution is 5.85. The van der Waals surface area contributed by atoms with Crippen molar-refractivity contribution >= 4 is 10.9 Å². The number of hydrogen-bond donors (Lipinski definition) is 2. The number of para-hydroxylation sites is 1. The first-order valence-electron chi connectivity index (χ1n) is 4.57. The molecule has 0 aliphatic carbocycles. The molecule has 14 heavy (non-hydrogen) atoms. The van der Waals surface area contributed by atoms with Gasteiger partial charge in [-0.05, 0) is 12.1 Å². The van der Waals surface area contributed by atoms with E-state index in [2.05, 4.69) is 16.8 Å². The minimum absolute atomic E-state index is 0.119. The molecule has 0 spiro atoms. The second kappa shape index (κ2) is 3.99. The van der Waals surface area contributed by atoms with Crippen LogP contribution in [0.3, 0.4) is 0 Å². The Morgan fingerprint density at radius 2 is 2.21 bits per heavy atom. The van der Waals surface area contributed by atoms with Crippen LogP contribution in [0.2, 0.25) is 0 Å². The van der Waals surface area contributed by atoms with Crippen molar-refractivity contribution in [2.24, 2.45) is 0 Å². The highest BCUT2D eigenvalue weighted by atomic mass is 16.2. The van der Waals surface area contributed by atoms with Gasteiger partial charge in [0, 0.05) is 23.6 Å². The van der Waals surface area contributed by atoms with E-state index in [0.717, 1.165) is 11.1 Å². The third-order valence-corrected chi connectivity index (χ3v) is 2.05. The first-order chi connectivity index (χ1) is 6.92. The van der Waals surface area contributed by atoms with Gasteiger partial charge in [0.2, 0.25) is 0 Å². The number of H-pyrrole nitrogens is 1. The van der Waals surface area contributed by atoms with Crippen molar-refractivity contribution in [3.05, 3.63) is 36.0 Å². The van der Waals surface area contributed by atoms with E-state index in [1.807, 2.05) is 30.5 Å². The molecule has 0 unspecified atom stereocenters. The zero-order chi connectivity index (χ0) is 9.80. The van der Waals surface area contributed by atoms with Gasteiger partial charge in [-0.3, -0.25) is 0 Å². The van der Waals surface area contributed by atoms with Crippen LogP contribution < -0.4 is 0 Å². The Kier molecular flexibility index (Phi) is 2.53. The number of aromatic amines is 1. The molecule has 0 radical (unpaired) electrons. The van der Waals surface area contributed by atoms with Gasteiger partial charge in [-0.1, -0.05) is 24.0 Å². The number of rotatable bonds is 1. The van der Waals surface area contributed by atoms with Crippen LogP contribution in [-0.4, -0.2) is 16.7 Å². The SMILES string of the molecule is OCCC#Cc1cccc2cc[nH]c12. The Bertz CT molecular complexity index is 487. The van der Waals surface area contributed by atoms with Crippen LogP contribution in [0.1, 0.15) is 12.0 Å². The molecular formula is C12H11NO. The third kappa shape index (κ3) is 1.63. The van der Waals surface area contributed by atoms with Crippen LogP contribution in [0, 0.1) is 11.8 Å². The molecule has 2 aromatic rings. The standard InChI is InChI=1S/C12H11NO/c14-9-2-1-4-10-5-3-6-11-7-8-13-12(10)11/h3,5-8,13-14H,2,9H2. The molecule has 2 N–H and O–H groups in total. The fraction of sp³-hybridized carbons (Fsp3) is 0.167. The molecule has 0 bridgehead atoms. The van der Waals surface area contributed by atoms with E-state index in [1.54, 1.807) is 0 Å². The molecular weight excluding hydrogens is 174 g/mol. The van der Waals surface area contributed by atoms with Crippen molar-refractivity contribution in [1.29, 1.82) is 0 Å². The molecule has 70 valence electrons. The summed E-state index contributed by atoms with van der Waals surface area (Å²) in [5.41, 5.74) is 2.05. The Hall–Kier alpha value is -1.72. The summed E-state index contributed by atoms with van der Waals surface area (Å²) < 4.78 is 0. The lowest BCUT2D eigenvalue weighted by Gasteiger charge is -1.93. The van der Waals surface area contributed by atoms with Crippen molar-refractivity contribution in [2.75, 3.05) is 6.61 Å². The number of aliphatic hydroxyl groups is 1. The monoisotopic (exact) mass is 185 g/mol. The molecule has 0 saturated carbocycles. The molecule has 0 atom stereocenters. The summed E-state index contributed by atoms with van der Waals surface area (Å²) in [5.74, 6) is 5.95. The van der Waals surface area contributed by atoms with Crippen LogP contribution in [0.15, 0.2) is 30.5 Å². The smallest absolute Gasteiger partial charge is 0.0612 e. The van der Waals surface area contributed by atoms with Crippen molar-refractivity contribution in [3.8, 4) is 11.8 Å². The molecule has 0 fully saturated rings. The average molecular weight is 185 g/mol. The quantitative estimate of drug-likeness (QED) is 0.654. The first kappa shape index (κ1) is 8.86. The zero-order valence-electron chi connectivity index (χ0n) is 7.75. The van der Waals surface area contributed by atoms with Crippen LogP contribution in [-0.2, 0) is 0 Å². The number of benzene rings is 1. The molecule has 2 nitrogen and oxygen atoms in total. The van der Waals surface area contributed by atoms with Crippen molar-refractivity contribution in [2.45, 2.75) is 6.42 Å². The lowest BCUT2D eigenvalue weighted by molar-refractivity contribution is 0.305. The fourth-order valence-corrected chi connectivity index (χ4v) is 1.40. The number of nitrogens with one attached hydrogen (secondary N) is 1. The van der Waals surface area contributed by atoms with Gasteiger partial charge >= 0.3 is 0 Å². The molecule has 2 heteroatoms. The van der Waals surface area contributed by atoms with E-state index in [4.69, 9.17) is 5.11 Å². The van der Waals surface area contributed by atoms with Gasteiger partial charge in [-0.25, -0.2) is 0 Å². The van der Waals surface area contributed by atoms with Gasteiger partial charge in [-0.2, -0.15) is 0 Å². The molecule has 1 heterocycles. The average Bonchev–Trinajstić information content (AvgIpc) is 2.67. The Labute approximate surface area is 82.6 Å². The molecule has 0 saturated heterocycles. The maximum absolute atomic E-state index is 8.61. The Morgan fingerprint density at radius 1 is 1.29 bits per heavy atom. The summed E-state index contributed by atoms with van der Waals surface area (Å²) >= 11 is 0. The van der Waals surface area contributed by atoms with E-state index >= 15 is 0 Å². The van der Waals surface area contributed by atoms with Crippen molar-refractivity contribution in [1.82, 2.24) is 4.98 Å². The summed E-state index contributed by atoms with van der Waals surface area (Å²) in [4.78, 5) is 3.15. The third-order valence-electron chi connectivity index (χ3n) is 2.05. The van der Waals surface area contributed by atoms with Gasteiger partial charge < -0.3 is 10.1 Å². The van der Waals surface area contributed by atoms with Crippen LogP contribution >= 0.6 is 0 Å². The highest BCUT2D eigenvalue weighted by Gasteiger charge is 1.96. The molecule has 0 amide bonds. The van der Waals surface area contributed by atoms with Gasteiger partial charge in [0.15, 0.2) is 0 Å². The predicted octanol–water partition coefficient (Wildman–Crippen LogP) is 1.90. The van der Waals surface area contributed by atoms with E-state index in [-0.39, 0.29) is 6.61 Å². The lowest BCUT2D eigenvalue weighted by Crippen LogP contribution is -1.79.